The maximum absolute atomic E-state index is 13.7. The number of sulfonamides is 1. The van der Waals surface area contributed by atoms with Gasteiger partial charge in [-0.3, -0.25) is 9.59 Å². The number of carbonyl (C=O) groups is 2. The lowest BCUT2D eigenvalue weighted by atomic mass is 9.86. The molecule has 8 nitrogen and oxygen atoms in total. The van der Waals surface area contributed by atoms with E-state index in [1.807, 2.05) is 35.2 Å². The van der Waals surface area contributed by atoms with E-state index in [0.717, 1.165) is 18.5 Å². The predicted molar refractivity (Wildman–Crippen MR) is 136 cm³/mol. The maximum Gasteiger partial charge on any atom is 0.250 e. The van der Waals surface area contributed by atoms with Crippen molar-refractivity contribution in [3.63, 3.8) is 0 Å². The summed E-state index contributed by atoms with van der Waals surface area (Å²) >= 11 is 5.92. The highest BCUT2D eigenvalue weighted by Gasteiger charge is 2.55. The van der Waals surface area contributed by atoms with Gasteiger partial charge in [-0.2, -0.15) is 4.31 Å². The SMILES string of the molecule is CCCCNC(=O)CN1CN(c2ccccc2)C2(CCN(S(=O)(=O)c3ccc(Cl)cc3)CC2)C1=O. The summed E-state index contributed by atoms with van der Waals surface area (Å²) in [6, 6.07) is 15.7. The number of unbranched alkanes of at least 4 members (excludes halogenated alkanes) is 1. The second kappa shape index (κ2) is 10.6. The molecule has 2 aromatic rings. The first-order valence-electron chi connectivity index (χ1n) is 11.9. The summed E-state index contributed by atoms with van der Waals surface area (Å²) in [4.78, 5) is 30.0. The molecule has 0 bridgehead atoms. The molecule has 0 aromatic heterocycles. The van der Waals surface area contributed by atoms with E-state index < -0.39 is 15.6 Å². The number of carbonyl (C=O) groups excluding carboxylic acids is 2. The highest BCUT2D eigenvalue weighted by atomic mass is 35.5. The first-order valence-corrected chi connectivity index (χ1v) is 13.7. The van der Waals surface area contributed by atoms with Crippen LogP contribution in [0.1, 0.15) is 32.6 Å². The van der Waals surface area contributed by atoms with Crippen molar-refractivity contribution in [2.75, 3.05) is 37.7 Å². The maximum atomic E-state index is 13.7. The lowest BCUT2D eigenvalue weighted by Crippen LogP contribution is -2.57. The zero-order valence-electron chi connectivity index (χ0n) is 19.8. The lowest BCUT2D eigenvalue weighted by Gasteiger charge is -2.42. The number of benzene rings is 2. The van der Waals surface area contributed by atoms with Crippen LogP contribution in [0.25, 0.3) is 0 Å². The van der Waals surface area contributed by atoms with Crippen molar-refractivity contribution in [1.82, 2.24) is 14.5 Å². The van der Waals surface area contributed by atoms with Gasteiger partial charge < -0.3 is 15.1 Å². The number of anilines is 1. The normalized spacial score (nSPS) is 18.3. The molecule has 2 heterocycles. The van der Waals surface area contributed by atoms with Crippen LogP contribution in [0, 0.1) is 0 Å². The molecule has 35 heavy (non-hydrogen) atoms. The van der Waals surface area contributed by atoms with E-state index >= 15 is 0 Å². The minimum Gasteiger partial charge on any atom is -0.355 e. The molecule has 2 fully saturated rings. The van der Waals surface area contributed by atoms with E-state index in [9.17, 15) is 18.0 Å². The Labute approximate surface area is 211 Å². The Balaban J connectivity index is 1.54. The third kappa shape index (κ3) is 5.17. The van der Waals surface area contributed by atoms with Crippen molar-refractivity contribution >= 4 is 39.1 Å². The molecule has 1 spiro atoms. The molecular weight excluding hydrogens is 488 g/mol. The third-order valence-electron chi connectivity index (χ3n) is 6.77. The molecule has 4 rings (SSSR count). The second-order valence-electron chi connectivity index (χ2n) is 9.00. The van der Waals surface area contributed by atoms with Crippen LogP contribution in [0.15, 0.2) is 59.5 Å². The van der Waals surface area contributed by atoms with Gasteiger partial charge in [0.05, 0.1) is 11.6 Å². The number of halogens is 1. The first-order chi connectivity index (χ1) is 16.8. The zero-order valence-corrected chi connectivity index (χ0v) is 21.4. The van der Waals surface area contributed by atoms with Crippen LogP contribution < -0.4 is 10.2 Å². The smallest absolute Gasteiger partial charge is 0.250 e. The van der Waals surface area contributed by atoms with Crippen LogP contribution in [-0.4, -0.2) is 67.8 Å². The molecule has 2 amide bonds. The minimum atomic E-state index is -3.70. The number of para-hydroxylation sites is 1. The lowest BCUT2D eigenvalue weighted by molar-refractivity contribution is -0.137. The Morgan fingerprint density at radius 1 is 1.06 bits per heavy atom. The number of nitrogens with one attached hydrogen (secondary N) is 1. The van der Waals surface area contributed by atoms with E-state index in [2.05, 4.69) is 12.2 Å². The van der Waals surface area contributed by atoms with Crippen molar-refractivity contribution in [1.29, 1.82) is 0 Å². The van der Waals surface area contributed by atoms with E-state index in [1.54, 1.807) is 17.0 Å². The Bertz CT molecular complexity index is 1150. The van der Waals surface area contributed by atoms with E-state index in [0.29, 0.717) is 24.4 Å². The molecule has 0 saturated carbocycles. The zero-order chi connectivity index (χ0) is 25.1. The molecule has 0 unspecified atom stereocenters. The van der Waals surface area contributed by atoms with Gasteiger partial charge in [0, 0.05) is 30.3 Å². The fourth-order valence-corrected chi connectivity index (χ4v) is 6.38. The fraction of sp³-hybridized carbons (Fsp3) is 0.440. The minimum absolute atomic E-state index is 0.0135. The summed E-state index contributed by atoms with van der Waals surface area (Å²) in [7, 11) is -3.70. The number of piperidine rings is 1. The van der Waals surface area contributed by atoms with E-state index in [1.165, 1.54) is 16.4 Å². The Kier molecular flexibility index (Phi) is 7.68. The molecule has 0 radical (unpaired) electrons. The summed E-state index contributed by atoms with van der Waals surface area (Å²) in [5.74, 6) is -0.310. The summed E-state index contributed by atoms with van der Waals surface area (Å²) in [5.41, 5.74) is -0.0133. The van der Waals surface area contributed by atoms with Crippen molar-refractivity contribution in [2.24, 2.45) is 0 Å². The van der Waals surface area contributed by atoms with Crippen molar-refractivity contribution in [2.45, 2.75) is 43.0 Å². The Hall–Kier alpha value is -2.62. The molecule has 2 aromatic carbocycles. The standard InChI is InChI=1S/C25H31ClN4O4S/c1-2-3-15-27-23(31)18-28-19-30(21-7-5-4-6-8-21)25(24(28)32)13-16-29(17-14-25)35(33,34)22-11-9-20(26)10-12-22/h4-12H,2-3,13-19H2,1H3,(H,27,31). The number of hydrogen-bond donors (Lipinski definition) is 1. The number of rotatable bonds is 8. The van der Waals surface area contributed by atoms with Crippen LogP contribution in [-0.2, 0) is 19.6 Å². The van der Waals surface area contributed by atoms with Crippen molar-refractivity contribution in [3.05, 3.63) is 59.6 Å². The summed E-state index contributed by atoms with van der Waals surface area (Å²) in [6.45, 7) is 3.32. The van der Waals surface area contributed by atoms with Gasteiger partial charge in [0.1, 0.15) is 12.1 Å². The van der Waals surface area contributed by atoms with Gasteiger partial charge >= 0.3 is 0 Å². The van der Waals surface area contributed by atoms with Gasteiger partial charge in [-0.25, -0.2) is 8.42 Å². The van der Waals surface area contributed by atoms with E-state index in [-0.39, 0.29) is 43.0 Å². The molecule has 0 atom stereocenters. The monoisotopic (exact) mass is 518 g/mol. The van der Waals surface area contributed by atoms with Gasteiger partial charge in [-0.1, -0.05) is 43.1 Å². The molecule has 188 valence electrons. The van der Waals surface area contributed by atoms with Crippen molar-refractivity contribution < 1.29 is 18.0 Å². The van der Waals surface area contributed by atoms with Crippen LogP contribution >= 0.6 is 11.6 Å². The van der Waals surface area contributed by atoms with Gasteiger partial charge in [-0.15, -0.1) is 0 Å². The number of hydrogen-bond acceptors (Lipinski definition) is 5. The summed E-state index contributed by atoms with van der Waals surface area (Å²) in [6.07, 6.45) is 2.53. The second-order valence-corrected chi connectivity index (χ2v) is 11.4. The van der Waals surface area contributed by atoms with Crippen LogP contribution in [0.5, 0.6) is 0 Å². The van der Waals surface area contributed by atoms with Crippen LogP contribution in [0.2, 0.25) is 5.02 Å². The molecule has 2 aliphatic rings. The largest absolute Gasteiger partial charge is 0.355 e. The van der Waals surface area contributed by atoms with E-state index in [4.69, 9.17) is 11.6 Å². The highest BCUT2D eigenvalue weighted by molar-refractivity contribution is 7.89. The number of amides is 2. The highest BCUT2D eigenvalue weighted by Crippen LogP contribution is 2.40. The Morgan fingerprint density at radius 3 is 2.34 bits per heavy atom. The average molecular weight is 519 g/mol. The number of nitrogens with zero attached hydrogens (tertiary/aromatic N) is 3. The molecule has 2 aliphatic heterocycles. The predicted octanol–water partition coefficient (Wildman–Crippen LogP) is 3.09. The van der Waals surface area contributed by atoms with Crippen molar-refractivity contribution in [3.8, 4) is 0 Å². The van der Waals surface area contributed by atoms with Crippen LogP contribution in [0.3, 0.4) is 0 Å². The topological polar surface area (TPSA) is 90.0 Å². The third-order valence-corrected chi connectivity index (χ3v) is 8.93. The van der Waals surface area contributed by atoms with Gasteiger partial charge in [-0.05, 0) is 55.7 Å². The summed E-state index contributed by atoms with van der Waals surface area (Å²) in [5, 5.41) is 3.35. The van der Waals surface area contributed by atoms with Gasteiger partial charge in [0.15, 0.2) is 0 Å². The van der Waals surface area contributed by atoms with Gasteiger partial charge in [0.2, 0.25) is 21.8 Å². The fourth-order valence-electron chi connectivity index (χ4n) is 4.81. The van der Waals surface area contributed by atoms with Gasteiger partial charge in [0.25, 0.3) is 0 Å². The Morgan fingerprint density at radius 2 is 1.71 bits per heavy atom. The molecule has 2 saturated heterocycles. The molecule has 10 heteroatoms. The first kappa shape index (κ1) is 25.5. The average Bonchev–Trinajstić information content (AvgIpc) is 3.11. The summed E-state index contributed by atoms with van der Waals surface area (Å²) < 4.78 is 27.8. The molecular formula is C25H31ClN4O4S. The molecule has 0 aliphatic carbocycles. The molecule has 1 N–H and O–H groups in total. The van der Waals surface area contributed by atoms with Crippen LogP contribution in [0.4, 0.5) is 5.69 Å². The quantitative estimate of drug-likeness (QED) is 0.542.